The van der Waals surface area contributed by atoms with Crippen LogP contribution in [0.5, 0.6) is 17.2 Å². The molecule has 0 saturated carbocycles. The van der Waals surface area contributed by atoms with E-state index in [4.69, 9.17) is 0 Å². The third-order valence-electron chi connectivity index (χ3n) is 7.03. The van der Waals surface area contributed by atoms with Crippen LogP contribution < -0.4 is 5.32 Å². The molecule has 1 heterocycles. The normalized spacial score (nSPS) is 16.1. The lowest BCUT2D eigenvalue weighted by Gasteiger charge is -2.15. The first kappa shape index (κ1) is 26.2. The van der Waals surface area contributed by atoms with Gasteiger partial charge >= 0.3 is 0 Å². The predicted molar refractivity (Wildman–Crippen MR) is 137 cm³/mol. The minimum atomic E-state index is -4.61. The van der Waals surface area contributed by atoms with E-state index >= 15 is 0 Å². The average Bonchev–Trinajstić information content (AvgIpc) is 3.25. The van der Waals surface area contributed by atoms with Crippen molar-refractivity contribution in [2.24, 2.45) is 0 Å². The first-order valence-corrected chi connectivity index (χ1v) is 14.5. The zero-order chi connectivity index (χ0) is 27.4. The molecule has 0 spiro atoms. The number of para-hydroxylation sites is 1. The number of hydrogen-bond donors (Lipinski definition) is 6. The summed E-state index contributed by atoms with van der Waals surface area (Å²) in [6, 6.07) is 9.50. The fourth-order valence-electron chi connectivity index (χ4n) is 5.08. The molecule has 6 bridgehead atoms. The third-order valence-corrected chi connectivity index (χ3v) is 8.69. The number of benzene rings is 3. The molecule has 0 unspecified atom stereocenters. The van der Waals surface area contributed by atoms with Crippen LogP contribution in [-0.4, -0.2) is 54.4 Å². The lowest BCUT2D eigenvalue weighted by molar-refractivity contribution is 0.453. The van der Waals surface area contributed by atoms with Crippen LogP contribution in [0.1, 0.15) is 33.4 Å². The van der Waals surface area contributed by atoms with Crippen LogP contribution in [0.4, 0.5) is 0 Å². The standard InChI is InChI=1S/C26H25NO9S2/c28-24-14-2-1-3-15(24)5-17-9-23(38(34,35)36)11-19(26(17)30)7-21-13-27-12-20(21)6-18-10-22(37(31,32)33)8-16(4-14)25(18)29/h1-3,8-11,27-30H,4-7,12-13H2,(H,31,32,33)(H,34,35,36). The number of fused-ring (bicyclic) bond motifs is 6. The first-order chi connectivity index (χ1) is 17.8. The summed E-state index contributed by atoms with van der Waals surface area (Å²) in [5.41, 5.74) is 3.09. The lowest BCUT2D eigenvalue weighted by atomic mass is 9.94. The average molecular weight is 560 g/mol. The summed E-state index contributed by atoms with van der Waals surface area (Å²) in [6.45, 7) is 0.792. The van der Waals surface area contributed by atoms with Crippen molar-refractivity contribution in [3.63, 3.8) is 0 Å². The molecule has 0 amide bonds. The topological polar surface area (TPSA) is 181 Å². The summed E-state index contributed by atoms with van der Waals surface area (Å²) < 4.78 is 67.7. The second-order valence-electron chi connectivity index (χ2n) is 9.57. The SMILES string of the molecule is O=S(=O)(O)c1cc2c(O)c(c1)Cc1cccc(c1O)Cc1cc(S(=O)(=O)O)cc(c1O)CC1=C(CNC1)C2. The summed E-state index contributed by atoms with van der Waals surface area (Å²) >= 11 is 0. The van der Waals surface area contributed by atoms with E-state index in [2.05, 4.69) is 5.32 Å². The highest BCUT2D eigenvalue weighted by atomic mass is 32.2. The molecular formula is C26H25NO9S2. The summed E-state index contributed by atoms with van der Waals surface area (Å²) in [5.74, 6) is -0.538. The highest BCUT2D eigenvalue weighted by Crippen LogP contribution is 2.38. The van der Waals surface area contributed by atoms with Crippen molar-refractivity contribution in [2.45, 2.75) is 35.5 Å². The predicted octanol–water partition coefficient (Wildman–Crippen LogP) is 2.48. The maximum Gasteiger partial charge on any atom is 0.294 e. The number of rotatable bonds is 2. The van der Waals surface area contributed by atoms with Gasteiger partial charge in [-0.2, -0.15) is 16.8 Å². The molecule has 3 aromatic carbocycles. The van der Waals surface area contributed by atoms with Gasteiger partial charge in [0.05, 0.1) is 9.79 Å². The van der Waals surface area contributed by atoms with Gasteiger partial charge in [0.15, 0.2) is 0 Å². The maximum absolute atomic E-state index is 12.0. The minimum absolute atomic E-state index is 0.0751. The Morgan fingerprint density at radius 2 is 0.895 bits per heavy atom. The molecule has 6 N–H and O–H groups in total. The molecule has 12 heteroatoms. The quantitative estimate of drug-likeness (QED) is 0.202. The number of aromatic hydroxyl groups is 3. The zero-order valence-corrected chi connectivity index (χ0v) is 21.6. The second kappa shape index (κ2) is 9.40. The van der Waals surface area contributed by atoms with Crippen LogP contribution in [0.2, 0.25) is 0 Å². The fraction of sp³-hybridized carbons (Fsp3) is 0.231. The van der Waals surface area contributed by atoms with Crippen molar-refractivity contribution in [3.05, 3.63) is 87.0 Å². The number of phenolic OH excluding ortho intramolecular Hbond substituents is 3. The van der Waals surface area contributed by atoms with Gasteiger partial charge in [0.1, 0.15) is 17.2 Å². The molecule has 0 radical (unpaired) electrons. The van der Waals surface area contributed by atoms with Crippen LogP contribution in [-0.2, 0) is 45.9 Å². The molecule has 1 aliphatic carbocycles. The molecule has 2 aliphatic rings. The number of hydrogen-bond acceptors (Lipinski definition) is 8. The third kappa shape index (κ3) is 5.00. The molecule has 3 aromatic rings. The van der Waals surface area contributed by atoms with E-state index < -0.39 is 30.0 Å². The van der Waals surface area contributed by atoms with E-state index in [1.807, 2.05) is 0 Å². The van der Waals surface area contributed by atoms with Crippen molar-refractivity contribution < 1.29 is 41.3 Å². The van der Waals surface area contributed by atoms with E-state index in [1.165, 1.54) is 12.1 Å². The van der Waals surface area contributed by atoms with Gasteiger partial charge in [0.2, 0.25) is 0 Å². The molecule has 10 nitrogen and oxygen atoms in total. The summed E-state index contributed by atoms with van der Waals surface area (Å²) in [4.78, 5) is -0.786. The summed E-state index contributed by atoms with van der Waals surface area (Å²) in [5, 5.41) is 36.4. The van der Waals surface area contributed by atoms with Gasteiger partial charge < -0.3 is 20.6 Å². The molecule has 1 aliphatic heterocycles. The molecular weight excluding hydrogens is 534 g/mol. The van der Waals surface area contributed by atoms with Gasteiger partial charge in [-0.1, -0.05) is 29.3 Å². The Bertz CT molecular complexity index is 1600. The van der Waals surface area contributed by atoms with Crippen molar-refractivity contribution in [3.8, 4) is 17.2 Å². The van der Waals surface area contributed by atoms with Crippen LogP contribution in [0.3, 0.4) is 0 Å². The molecule has 5 rings (SSSR count). The van der Waals surface area contributed by atoms with Crippen molar-refractivity contribution in [1.82, 2.24) is 5.32 Å². The molecule has 0 atom stereocenters. The van der Waals surface area contributed by atoms with E-state index in [0.717, 1.165) is 23.3 Å². The monoisotopic (exact) mass is 559 g/mol. The Hall–Kier alpha value is -3.42. The fourth-order valence-corrected chi connectivity index (χ4v) is 6.25. The van der Waals surface area contributed by atoms with E-state index in [-0.39, 0.29) is 65.2 Å². The minimum Gasteiger partial charge on any atom is -0.507 e. The molecule has 38 heavy (non-hydrogen) atoms. The van der Waals surface area contributed by atoms with Gasteiger partial charge in [-0.15, -0.1) is 0 Å². The highest BCUT2D eigenvalue weighted by molar-refractivity contribution is 7.86. The smallest absolute Gasteiger partial charge is 0.294 e. The Morgan fingerprint density at radius 3 is 1.26 bits per heavy atom. The van der Waals surface area contributed by atoms with E-state index in [1.54, 1.807) is 18.2 Å². The summed E-state index contributed by atoms with van der Waals surface area (Å²) in [7, 11) is -9.22. The summed E-state index contributed by atoms with van der Waals surface area (Å²) in [6.07, 6.45) is 0.0763. The molecule has 200 valence electrons. The molecule has 0 fully saturated rings. The number of phenols is 3. The van der Waals surface area contributed by atoms with E-state index in [0.29, 0.717) is 24.2 Å². The van der Waals surface area contributed by atoms with Gasteiger partial charge in [-0.25, -0.2) is 0 Å². The van der Waals surface area contributed by atoms with Gasteiger partial charge in [-0.3, -0.25) is 9.11 Å². The van der Waals surface area contributed by atoms with Crippen LogP contribution in [0.15, 0.2) is 63.4 Å². The first-order valence-electron chi connectivity index (χ1n) is 11.7. The number of nitrogens with one attached hydrogen (secondary N) is 1. The molecule has 0 aromatic heterocycles. The second-order valence-corrected chi connectivity index (χ2v) is 12.4. The van der Waals surface area contributed by atoms with Crippen LogP contribution >= 0.6 is 0 Å². The van der Waals surface area contributed by atoms with Gasteiger partial charge in [0.25, 0.3) is 20.2 Å². The largest absolute Gasteiger partial charge is 0.507 e. The van der Waals surface area contributed by atoms with Crippen molar-refractivity contribution in [2.75, 3.05) is 13.1 Å². The Labute approximate surface area is 219 Å². The zero-order valence-electron chi connectivity index (χ0n) is 20.0. The van der Waals surface area contributed by atoms with Crippen LogP contribution in [0, 0.1) is 0 Å². The van der Waals surface area contributed by atoms with Crippen LogP contribution in [0.25, 0.3) is 0 Å². The highest BCUT2D eigenvalue weighted by Gasteiger charge is 2.25. The van der Waals surface area contributed by atoms with Crippen molar-refractivity contribution in [1.29, 1.82) is 0 Å². The molecule has 0 saturated heterocycles. The Morgan fingerprint density at radius 1 is 0.553 bits per heavy atom. The maximum atomic E-state index is 12.0. The Balaban J connectivity index is 1.79. The Kier molecular flexibility index (Phi) is 6.48. The van der Waals surface area contributed by atoms with Gasteiger partial charge in [0, 0.05) is 37.1 Å². The van der Waals surface area contributed by atoms with E-state index in [9.17, 15) is 41.3 Å². The van der Waals surface area contributed by atoms with Gasteiger partial charge in [-0.05, 0) is 59.4 Å². The van der Waals surface area contributed by atoms with Crippen molar-refractivity contribution >= 4 is 20.2 Å². The lowest BCUT2D eigenvalue weighted by Crippen LogP contribution is -2.10.